The molecule has 2 heterocycles. The molecule has 0 aliphatic heterocycles. The standard InChI is InChI=1S/C20H23N3S/c1-14-15(2)24-19-17(14)18(22-13-23-19)21-12-20(10-6-7-11-20)16-8-4-3-5-9-16/h3-5,8-9,13H,6-7,10-12H2,1-2H3,(H,21,22,23). The van der Waals surface area contributed by atoms with E-state index >= 15 is 0 Å². The lowest BCUT2D eigenvalue weighted by Crippen LogP contribution is -2.31. The van der Waals surface area contributed by atoms with E-state index in [9.17, 15) is 0 Å². The van der Waals surface area contributed by atoms with Gasteiger partial charge in [0.25, 0.3) is 0 Å². The smallest absolute Gasteiger partial charge is 0.138 e. The van der Waals surface area contributed by atoms with Crippen LogP contribution in [0.5, 0.6) is 0 Å². The summed E-state index contributed by atoms with van der Waals surface area (Å²) in [6.07, 6.45) is 6.81. The number of aromatic nitrogens is 2. The molecule has 0 amide bonds. The second-order valence-electron chi connectivity index (χ2n) is 6.89. The van der Waals surface area contributed by atoms with Gasteiger partial charge in [-0.1, -0.05) is 43.2 Å². The first-order valence-corrected chi connectivity index (χ1v) is 9.51. The molecule has 4 rings (SSSR count). The van der Waals surface area contributed by atoms with Crippen molar-refractivity contribution >= 4 is 27.4 Å². The lowest BCUT2D eigenvalue weighted by atomic mass is 9.79. The average molecular weight is 337 g/mol. The van der Waals surface area contributed by atoms with Crippen molar-refractivity contribution < 1.29 is 0 Å². The molecule has 2 aromatic heterocycles. The number of nitrogens with one attached hydrogen (secondary N) is 1. The van der Waals surface area contributed by atoms with Crippen molar-refractivity contribution in [3.63, 3.8) is 0 Å². The molecule has 0 spiro atoms. The van der Waals surface area contributed by atoms with Gasteiger partial charge in [0, 0.05) is 16.8 Å². The number of anilines is 1. The van der Waals surface area contributed by atoms with Gasteiger partial charge in [-0.25, -0.2) is 9.97 Å². The largest absolute Gasteiger partial charge is 0.369 e. The molecule has 24 heavy (non-hydrogen) atoms. The van der Waals surface area contributed by atoms with Crippen molar-refractivity contribution in [2.45, 2.75) is 44.9 Å². The highest BCUT2D eigenvalue weighted by molar-refractivity contribution is 7.18. The summed E-state index contributed by atoms with van der Waals surface area (Å²) in [5.41, 5.74) is 2.99. The van der Waals surface area contributed by atoms with Gasteiger partial charge in [-0.05, 0) is 37.8 Å². The molecule has 0 unspecified atom stereocenters. The van der Waals surface area contributed by atoms with E-state index in [0.29, 0.717) is 0 Å². The quantitative estimate of drug-likeness (QED) is 0.708. The maximum absolute atomic E-state index is 4.55. The summed E-state index contributed by atoms with van der Waals surface area (Å²) >= 11 is 1.76. The molecular formula is C20H23N3S. The third kappa shape index (κ3) is 2.59. The van der Waals surface area contributed by atoms with E-state index in [1.807, 2.05) is 0 Å². The number of benzene rings is 1. The fraction of sp³-hybridized carbons (Fsp3) is 0.400. The summed E-state index contributed by atoms with van der Waals surface area (Å²) in [6.45, 7) is 5.27. The minimum absolute atomic E-state index is 0.234. The molecular weight excluding hydrogens is 314 g/mol. The second kappa shape index (κ2) is 6.17. The molecule has 124 valence electrons. The van der Waals surface area contributed by atoms with Gasteiger partial charge in [0.05, 0.1) is 5.39 Å². The van der Waals surface area contributed by atoms with Crippen LogP contribution in [0.2, 0.25) is 0 Å². The fourth-order valence-electron chi connectivity index (χ4n) is 3.98. The molecule has 0 bridgehead atoms. The van der Waals surface area contributed by atoms with Crippen LogP contribution in [0.25, 0.3) is 10.2 Å². The Morgan fingerprint density at radius 3 is 2.58 bits per heavy atom. The highest BCUT2D eigenvalue weighted by atomic mass is 32.1. The van der Waals surface area contributed by atoms with Crippen molar-refractivity contribution in [3.05, 3.63) is 52.7 Å². The van der Waals surface area contributed by atoms with Crippen molar-refractivity contribution in [2.24, 2.45) is 0 Å². The lowest BCUT2D eigenvalue weighted by molar-refractivity contribution is 0.466. The summed E-state index contributed by atoms with van der Waals surface area (Å²) in [5, 5.41) is 4.87. The van der Waals surface area contributed by atoms with Gasteiger partial charge in [0.1, 0.15) is 17.0 Å². The van der Waals surface area contributed by atoms with E-state index in [1.165, 1.54) is 47.1 Å². The normalized spacial score (nSPS) is 16.6. The summed E-state index contributed by atoms with van der Waals surface area (Å²) in [4.78, 5) is 11.4. The third-order valence-electron chi connectivity index (χ3n) is 5.51. The molecule has 1 aliphatic rings. The van der Waals surface area contributed by atoms with Gasteiger partial charge in [-0.15, -0.1) is 11.3 Å². The van der Waals surface area contributed by atoms with Crippen molar-refractivity contribution in [3.8, 4) is 0 Å². The first-order chi connectivity index (χ1) is 11.7. The monoisotopic (exact) mass is 337 g/mol. The Bertz CT molecular complexity index is 848. The summed E-state index contributed by atoms with van der Waals surface area (Å²) in [5.74, 6) is 0.990. The van der Waals surface area contributed by atoms with Crippen LogP contribution in [0, 0.1) is 13.8 Å². The number of thiophene rings is 1. The minimum Gasteiger partial charge on any atom is -0.369 e. The van der Waals surface area contributed by atoms with Crippen LogP contribution >= 0.6 is 11.3 Å². The second-order valence-corrected chi connectivity index (χ2v) is 8.10. The van der Waals surface area contributed by atoms with Gasteiger partial charge >= 0.3 is 0 Å². The zero-order chi connectivity index (χ0) is 16.6. The van der Waals surface area contributed by atoms with Crippen molar-refractivity contribution in [1.29, 1.82) is 0 Å². The van der Waals surface area contributed by atoms with Crippen LogP contribution in [0.15, 0.2) is 36.7 Å². The fourth-order valence-corrected chi connectivity index (χ4v) is 4.98. The van der Waals surface area contributed by atoms with Crippen LogP contribution in [0.4, 0.5) is 5.82 Å². The Balaban J connectivity index is 1.66. The molecule has 1 N–H and O–H groups in total. The molecule has 3 aromatic rings. The Kier molecular flexibility index (Phi) is 4.01. The van der Waals surface area contributed by atoms with Crippen LogP contribution in [0.1, 0.15) is 41.7 Å². The van der Waals surface area contributed by atoms with E-state index in [-0.39, 0.29) is 5.41 Å². The topological polar surface area (TPSA) is 37.8 Å². The number of hydrogen-bond donors (Lipinski definition) is 1. The predicted molar refractivity (Wildman–Crippen MR) is 102 cm³/mol. The van der Waals surface area contributed by atoms with Crippen molar-refractivity contribution in [1.82, 2.24) is 9.97 Å². The van der Waals surface area contributed by atoms with Crippen LogP contribution in [-0.4, -0.2) is 16.5 Å². The molecule has 4 heteroatoms. The molecule has 0 saturated heterocycles. The average Bonchev–Trinajstić information content (AvgIpc) is 3.20. The number of aryl methyl sites for hydroxylation is 2. The van der Waals surface area contributed by atoms with Gasteiger partial charge in [0.15, 0.2) is 0 Å². The highest BCUT2D eigenvalue weighted by Crippen LogP contribution is 2.41. The molecule has 0 atom stereocenters. The molecule has 0 radical (unpaired) electrons. The third-order valence-corrected chi connectivity index (χ3v) is 6.62. The summed E-state index contributed by atoms with van der Waals surface area (Å²) < 4.78 is 0. The number of hydrogen-bond acceptors (Lipinski definition) is 4. The maximum Gasteiger partial charge on any atom is 0.138 e. The van der Waals surface area contributed by atoms with Gasteiger partial charge in [-0.2, -0.15) is 0 Å². The molecule has 1 aliphatic carbocycles. The van der Waals surface area contributed by atoms with Crippen LogP contribution in [-0.2, 0) is 5.41 Å². The number of fused-ring (bicyclic) bond motifs is 1. The molecule has 1 saturated carbocycles. The van der Waals surface area contributed by atoms with Crippen LogP contribution in [0.3, 0.4) is 0 Å². The highest BCUT2D eigenvalue weighted by Gasteiger charge is 2.35. The summed E-state index contributed by atoms with van der Waals surface area (Å²) in [7, 11) is 0. The SMILES string of the molecule is Cc1sc2ncnc(NCC3(c4ccccc4)CCCC3)c2c1C. The number of nitrogens with zero attached hydrogens (tertiary/aromatic N) is 2. The summed E-state index contributed by atoms with van der Waals surface area (Å²) in [6, 6.07) is 11.0. The Labute approximate surface area is 147 Å². The minimum atomic E-state index is 0.234. The van der Waals surface area contributed by atoms with E-state index < -0.39 is 0 Å². The first kappa shape index (κ1) is 15.6. The van der Waals surface area contributed by atoms with Gasteiger partial charge in [0.2, 0.25) is 0 Å². The van der Waals surface area contributed by atoms with E-state index in [4.69, 9.17) is 0 Å². The Hall–Kier alpha value is -1.94. The van der Waals surface area contributed by atoms with Crippen molar-refractivity contribution in [2.75, 3.05) is 11.9 Å². The molecule has 3 nitrogen and oxygen atoms in total. The van der Waals surface area contributed by atoms with Gasteiger partial charge in [-0.3, -0.25) is 0 Å². The Morgan fingerprint density at radius 2 is 1.83 bits per heavy atom. The zero-order valence-electron chi connectivity index (χ0n) is 14.3. The Morgan fingerprint density at radius 1 is 1.08 bits per heavy atom. The van der Waals surface area contributed by atoms with E-state index in [1.54, 1.807) is 17.7 Å². The number of rotatable bonds is 4. The molecule has 1 fully saturated rings. The lowest BCUT2D eigenvalue weighted by Gasteiger charge is -2.30. The molecule has 1 aromatic carbocycles. The van der Waals surface area contributed by atoms with E-state index in [2.05, 4.69) is 59.5 Å². The predicted octanol–water partition coefficient (Wildman–Crippen LogP) is 5.23. The van der Waals surface area contributed by atoms with Gasteiger partial charge < -0.3 is 5.32 Å². The van der Waals surface area contributed by atoms with Crippen LogP contribution < -0.4 is 5.32 Å². The zero-order valence-corrected chi connectivity index (χ0v) is 15.1. The maximum atomic E-state index is 4.55. The van der Waals surface area contributed by atoms with E-state index in [0.717, 1.165) is 17.2 Å². The first-order valence-electron chi connectivity index (χ1n) is 8.70.